The lowest BCUT2D eigenvalue weighted by atomic mass is 9.93. The van der Waals surface area contributed by atoms with E-state index in [2.05, 4.69) is 16.8 Å². The molecule has 0 radical (unpaired) electrons. The summed E-state index contributed by atoms with van der Waals surface area (Å²) >= 11 is 0. The number of aromatic amines is 1. The summed E-state index contributed by atoms with van der Waals surface area (Å²) in [4.78, 5) is 26.3. The second-order valence-corrected chi connectivity index (χ2v) is 6.56. The van der Waals surface area contributed by atoms with Crippen LogP contribution in [-0.2, 0) is 0 Å². The van der Waals surface area contributed by atoms with Crippen molar-refractivity contribution in [1.82, 2.24) is 10.5 Å². The van der Waals surface area contributed by atoms with Crippen molar-refractivity contribution in [1.29, 1.82) is 0 Å². The summed E-state index contributed by atoms with van der Waals surface area (Å²) < 4.78 is 12.3. The molecule has 0 saturated carbocycles. The van der Waals surface area contributed by atoms with E-state index >= 15 is 0 Å². The van der Waals surface area contributed by atoms with Crippen LogP contribution in [0.1, 0.15) is 31.8 Å². The lowest BCUT2D eigenvalue weighted by molar-refractivity contribution is 0.0697. The smallest absolute Gasteiger partial charge is 0.336 e. The molecule has 0 saturated heterocycles. The molecule has 3 aromatic carbocycles. The van der Waals surface area contributed by atoms with E-state index in [1.165, 1.54) is 12.1 Å². The van der Waals surface area contributed by atoms with E-state index in [9.17, 15) is 19.2 Å². The molecule has 0 bridgehead atoms. The largest absolute Gasteiger partial charge is 0.478 e. The van der Waals surface area contributed by atoms with Gasteiger partial charge in [-0.2, -0.15) is 5.54 Å². The van der Waals surface area contributed by atoms with Crippen molar-refractivity contribution in [3.8, 4) is 23.0 Å². The van der Waals surface area contributed by atoms with Crippen LogP contribution in [0.25, 0.3) is 22.0 Å². The number of rotatable bonds is 3. The van der Waals surface area contributed by atoms with Gasteiger partial charge in [-0.1, -0.05) is 34.5 Å². The van der Waals surface area contributed by atoms with Crippen LogP contribution >= 0.6 is 0 Å². The molecule has 0 unspecified atom stereocenters. The normalized spacial score (nSPS) is 10.3. The van der Waals surface area contributed by atoms with Crippen LogP contribution in [0, 0.1) is 11.8 Å². The van der Waals surface area contributed by atoms with E-state index in [0.717, 1.165) is 22.0 Å². The number of aromatic carboxylic acids is 1. The van der Waals surface area contributed by atoms with E-state index in [0.29, 0.717) is 16.7 Å². The molecule has 0 aliphatic carbocycles. The lowest BCUT2D eigenvalue weighted by Gasteiger charge is -2.10. The maximum absolute atomic E-state index is 12.3. The highest BCUT2D eigenvalue weighted by Crippen LogP contribution is 2.30. The Morgan fingerprint density at radius 1 is 0.967 bits per heavy atom. The monoisotopic (exact) mass is 398 g/mol. The SMILES string of the molecule is O=C(NF)c1ccc(C#Cc2cccc(C(=O)O)c2-c2ccc3cc[nH]c3c2)cc1. The maximum atomic E-state index is 12.3. The fourth-order valence-corrected chi connectivity index (χ4v) is 3.25. The van der Waals surface area contributed by atoms with Crippen LogP contribution in [0.15, 0.2) is 72.9 Å². The summed E-state index contributed by atoms with van der Waals surface area (Å²) in [5.74, 6) is 4.14. The molecule has 146 valence electrons. The fourth-order valence-electron chi connectivity index (χ4n) is 3.25. The minimum Gasteiger partial charge on any atom is -0.478 e. The minimum absolute atomic E-state index is 0.155. The van der Waals surface area contributed by atoms with Crippen molar-refractivity contribution in [3.05, 3.63) is 95.2 Å². The summed E-state index contributed by atoms with van der Waals surface area (Å²) in [5, 5.41) is 10.7. The molecule has 0 atom stereocenters. The molecule has 1 heterocycles. The summed E-state index contributed by atoms with van der Waals surface area (Å²) in [6.45, 7) is 0. The van der Waals surface area contributed by atoms with E-state index in [-0.39, 0.29) is 11.1 Å². The predicted molar refractivity (Wildman–Crippen MR) is 112 cm³/mol. The van der Waals surface area contributed by atoms with Crippen molar-refractivity contribution >= 4 is 22.8 Å². The van der Waals surface area contributed by atoms with Gasteiger partial charge in [-0.15, -0.1) is 0 Å². The molecule has 30 heavy (non-hydrogen) atoms. The van der Waals surface area contributed by atoms with Gasteiger partial charge in [-0.25, -0.2) is 4.79 Å². The molecule has 1 aromatic heterocycles. The molecular weight excluding hydrogens is 383 g/mol. The number of carbonyl (C=O) groups excluding carboxylic acids is 1. The molecule has 1 amide bonds. The van der Waals surface area contributed by atoms with Gasteiger partial charge in [-0.3, -0.25) is 4.79 Å². The number of amides is 1. The summed E-state index contributed by atoms with van der Waals surface area (Å²) in [6.07, 6.45) is 1.82. The van der Waals surface area contributed by atoms with Crippen molar-refractivity contribution in [2.45, 2.75) is 0 Å². The molecule has 6 heteroatoms. The van der Waals surface area contributed by atoms with Gasteiger partial charge in [-0.05, 0) is 59.5 Å². The van der Waals surface area contributed by atoms with Crippen molar-refractivity contribution < 1.29 is 19.2 Å². The highest BCUT2D eigenvalue weighted by atomic mass is 19.2. The molecule has 3 N–H and O–H groups in total. The van der Waals surface area contributed by atoms with Gasteiger partial charge in [0.2, 0.25) is 0 Å². The number of hydrogen-bond donors (Lipinski definition) is 3. The predicted octanol–water partition coefficient (Wildman–Crippen LogP) is 4.55. The number of aromatic nitrogens is 1. The Kier molecular flexibility index (Phi) is 5.02. The second kappa shape index (κ2) is 7.94. The first-order valence-electron chi connectivity index (χ1n) is 9.03. The molecule has 0 aliphatic rings. The Morgan fingerprint density at radius 3 is 2.50 bits per heavy atom. The molecule has 4 rings (SSSR count). The molecule has 5 nitrogen and oxygen atoms in total. The molecule has 4 aromatic rings. The van der Waals surface area contributed by atoms with Gasteiger partial charge < -0.3 is 10.1 Å². The zero-order valence-electron chi connectivity index (χ0n) is 15.6. The topological polar surface area (TPSA) is 82.2 Å². The first-order valence-corrected chi connectivity index (χ1v) is 9.03. The lowest BCUT2D eigenvalue weighted by Crippen LogP contribution is -2.13. The van der Waals surface area contributed by atoms with Crippen LogP contribution < -0.4 is 5.54 Å². The Morgan fingerprint density at radius 2 is 1.77 bits per heavy atom. The molecule has 0 spiro atoms. The minimum atomic E-state index is -1.04. The number of benzene rings is 3. The van der Waals surface area contributed by atoms with E-state index in [1.54, 1.807) is 30.3 Å². The van der Waals surface area contributed by atoms with Gasteiger partial charge >= 0.3 is 5.97 Å². The third kappa shape index (κ3) is 3.64. The quantitative estimate of drug-likeness (QED) is 0.350. The maximum Gasteiger partial charge on any atom is 0.336 e. The first-order chi connectivity index (χ1) is 14.6. The zero-order chi connectivity index (χ0) is 21.1. The van der Waals surface area contributed by atoms with Gasteiger partial charge in [0.15, 0.2) is 0 Å². The van der Waals surface area contributed by atoms with Crippen molar-refractivity contribution in [2.75, 3.05) is 0 Å². The highest BCUT2D eigenvalue weighted by molar-refractivity contribution is 5.99. The highest BCUT2D eigenvalue weighted by Gasteiger charge is 2.15. The number of halogens is 1. The van der Waals surface area contributed by atoms with E-state index < -0.39 is 11.9 Å². The fraction of sp³-hybridized carbons (Fsp3) is 0. The number of nitrogens with one attached hydrogen (secondary N) is 2. The van der Waals surface area contributed by atoms with Crippen LogP contribution in [0.2, 0.25) is 0 Å². The van der Waals surface area contributed by atoms with Gasteiger partial charge in [0.1, 0.15) is 0 Å². The molecule has 0 aliphatic heterocycles. The van der Waals surface area contributed by atoms with Gasteiger partial charge in [0.25, 0.3) is 5.91 Å². The molecule has 0 fully saturated rings. The summed E-state index contributed by atoms with van der Waals surface area (Å²) in [5.41, 5.74) is 4.75. The number of fused-ring (bicyclic) bond motifs is 1. The average molecular weight is 398 g/mol. The number of H-pyrrole nitrogens is 1. The van der Waals surface area contributed by atoms with Gasteiger partial charge in [0, 0.05) is 34.0 Å². The van der Waals surface area contributed by atoms with Crippen molar-refractivity contribution in [3.63, 3.8) is 0 Å². The zero-order valence-corrected chi connectivity index (χ0v) is 15.6. The standard InChI is InChI=1S/C24H15FN2O3/c25-27-23(28)18-8-5-15(6-9-18)4-7-17-2-1-3-20(24(29)30)22(17)19-11-10-16-12-13-26-21(16)14-19/h1-3,5-6,8-14,26H,(H,27,28)(H,29,30). The summed E-state index contributed by atoms with van der Waals surface area (Å²) in [6, 6.07) is 18.7. The second-order valence-electron chi connectivity index (χ2n) is 6.56. The van der Waals surface area contributed by atoms with Gasteiger partial charge in [0.05, 0.1) is 5.56 Å². The number of carbonyl (C=O) groups is 2. The summed E-state index contributed by atoms with van der Waals surface area (Å²) in [7, 11) is 0. The number of carboxylic acids is 1. The Balaban J connectivity index is 1.79. The number of carboxylic acid groups (broad SMARTS) is 1. The van der Waals surface area contributed by atoms with Crippen LogP contribution in [-0.4, -0.2) is 22.0 Å². The first kappa shape index (κ1) is 19.0. The van der Waals surface area contributed by atoms with Crippen molar-refractivity contribution in [2.24, 2.45) is 0 Å². The van der Waals surface area contributed by atoms with Crippen LogP contribution in [0.5, 0.6) is 0 Å². The Labute approximate surface area is 171 Å². The third-order valence-electron chi connectivity index (χ3n) is 4.71. The Bertz CT molecular complexity index is 1330. The number of hydrogen-bond acceptors (Lipinski definition) is 2. The third-order valence-corrected chi connectivity index (χ3v) is 4.71. The average Bonchev–Trinajstić information content (AvgIpc) is 3.25. The Hall–Kier alpha value is -4.37. The van der Waals surface area contributed by atoms with E-state index in [4.69, 9.17) is 0 Å². The van der Waals surface area contributed by atoms with Crippen LogP contribution in [0.3, 0.4) is 0 Å². The van der Waals surface area contributed by atoms with Crippen LogP contribution in [0.4, 0.5) is 4.48 Å². The van der Waals surface area contributed by atoms with E-state index in [1.807, 2.05) is 30.5 Å². The molecular formula is C24H15FN2O3.